The van der Waals surface area contributed by atoms with E-state index in [1.165, 1.54) is 7.11 Å². The number of piperidine rings is 1. The maximum absolute atomic E-state index is 11.9. The Labute approximate surface area is 88.5 Å². The zero-order chi connectivity index (χ0) is 10.9. The van der Waals surface area contributed by atoms with Crippen molar-refractivity contribution in [3.63, 3.8) is 0 Å². The van der Waals surface area contributed by atoms with Crippen molar-refractivity contribution in [2.45, 2.75) is 37.3 Å². The summed E-state index contributed by atoms with van der Waals surface area (Å²) >= 11 is 0. The van der Waals surface area contributed by atoms with Gasteiger partial charge >= 0.3 is 5.97 Å². The number of nitrogens with one attached hydrogen (secondary N) is 2. The first-order valence-electron chi connectivity index (χ1n) is 5.32. The molecule has 2 atom stereocenters. The van der Waals surface area contributed by atoms with Gasteiger partial charge in [0.2, 0.25) is 5.91 Å². The Morgan fingerprint density at radius 1 is 1.53 bits per heavy atom. The Hall–Kier alpha value is -1.10. The van der Waals surface area contributed by atoms with E-state index in [0.29, 0.717) is 6.42 Å². The van der Waals surface area contributed by atoms with Crippen LogP contribution in [0.3, 0.4) is 0 Å². The number of hydrogen-bond donors (Lipinski definition) is 2. The molecular weight excluding hydrogens is 196 g/mol. The Morgan fingerprint density at radius 3 is 2.87 bits per heavy atom. The zero-order valence-electron chi connectivity index (χ0n) is 8.84. The third-order valence-corrected chi connectivity index (χ3v) is 3.33. The van der Waals surface area contributed by atoms with Crippen LogP contribution in [0.2, 0.25) is 0 Å². The van der Waals surface area contributed by atoms with Crippen molar-refractivity contribution in [3.8, 4) is 0 Å². The largest absolute Gasteiger partial charge is 0.467 e. The van der Waals surface area contributed by atoms with Gasteiger partial charge in [0.15, 0.2) is 0 Å². The fourth-order valence-electron chi connectivity index (χ4n) is 2.41. The zero-order valence-corrected chi connectivity index (χ0v) is 8.84. The summed E-state index contributed by atoms with van der Waals surface area (Å²) in [5.74, 6) is -0.405. The minimum absolute atomic E-state index is 0.0540. The molecule has 0 saturated carbocycles. The number of rotatable bonds is 1. The fourth-order valence-corrected chi connectivity index (χ4v) is 2.41. The molecule has 0 aromatic rings. The van der Waals surface area contributed by atoms with Crippen molar-refractivity contribution in [3.05, 3.63) is 0 Å². The smallest absolute Gasteiger partial charge is 0.328 e. The van der Waals surface area contributed by atoms with Crippen molar-refractivity contribution in [1.82, 2.24) is 10.6 Å². The van der Waals surface area contributed by atoms with E-state index in [-0.39, 0.29) is 11.9 Å². The predicted octanol–water partition coefficient (Wildman–Crippen LogP) is -0.440. The summed E-state index contributed by atoms with van der Waals surface area (Å²) in [5, 5.41) is 5.96. The van der Waals surface area contributed by atoms with Crippen LogP contribution in [0, 0.1) is 0 Å². The quantitative estimate of drug-likeness (QED) is 0.578. The van der Waals surface area contributed by atoms with E-state index in [1.807, 2.05) is 0 Å². The fraction of sp³-hybridized carbons (Fsp3) is 0.800. The summed E-state index contributed by atoms with van der Waals surface area (Å²) in [5.41, 5.74) is -0.412. The summed E-state index contributed by atoms with van der Waals surface area (Å²) < 4.78 is 4.62. The van der Waals surface area contributed by atoms with E-state index in [4.69, 9.17) is 0 Å². The minimum Gasteiger partial charge on any atom is -0.467 e. The van der Waals surface area contributed by atoms with Crippen LogP contribution in [0.5, 0.6) is 0 Å². The molecule has 2 aliphatic rings. The van der Waals surface area contributed by atoms with Crippen LogP contribution in [-0.4, -0.2) is 37.1 Å². The van der Waals surface area contributed by atoms with Crippen LogP contribution in [0.25, 0.3) is 0 Å². The second-order valence-corrected chi connectivity index (χ2v) is 4.20. The second kappa shape index (κ2) is 3.81. The van der Waals surface area contributed by atoms with E-state index in [2.05, 4.69) is 15.4 Å². The number of amides is 1. The standard InChI is InChI=1S/C10H16N2O3/c1-15-8(13)7-3-5-10(9(14)12-7)4-2-6-11-10/h7,11H,2-6H2,1H3,(H,12,14). The van der Waals surface area contributed by atoms with E-state index in [0.717, 1.165) is 25.8 Å². The monoisotopic (exact) mass is 212 g/mol. The molecule has 0 radical (unpaired) electrons. The molecule has 5 heteroatoms. The molecule has 2 rings (SSSR count). The molecule has 84 valence electrons. The van der Waals surface area contributed by atoms with Gasteiger partial charge in [-0.05, 0) is 32.2 Å². The summed E-state index contributed by atoms with van der Waals surface area (Å²) in [6, 6.07) is -0.462. The Bertz CT molecular complexity index is 284. The van der Waals surface area contributed by atoms with E-state index >= 15 is 0 Å². The van der Waals surface area contributed by atoms with Gasteiger partial charge in [0.25, 0.3) is 0 Å². The summed E-state index contributed by atoms with van der Waals surface area (Å²) in [4.78, 5) is 23.1. The third kappa shape index (κ3) is 1.71. The molecule has 2 saturated heterocycles. The topological polar surface area (TPSA) is 67.4 Å². The van der Waals surface area contributed by atoms with Gasteiger partial charge in [-0.1, -0.05) is 0 Å². The van der Waals surface area contributed by atoms with Crippen LogP contribution in [0.1, 0.15) is 25.7 Å². The SMILES string of the molecule is COC(=O)C1CCC2(CCCN2)C(=O)N1. The molecule has 2 fully saturated rings. The second-order valence-electron chi connectivity index (χ2n) is 4.20. The minimum atomic E-state index is -0.462. The van der Waals surface area contributed by atoms with Crippen LogP contribution >= 0.6 is 0 Å². The van der Waals surface area contributed by atoms with E-state index in [1.54, 1.807) is 0 Å². The highest BCUT2D eigenvalue weighted by Gasteiger charge is 2.46. The normalized spacial score (nSPS) is 35.3. The third-order valence-electron chi connectivity index (χ3n) is 3.33. The van der Waals surface area contributed by atoms with Crippen molar-refractivity contribution in [2.24, 2.45) is 0 Å². The van der Waals surface area contributed by atoms with Crippen LogP contribution < -0.4 is 10.6 Å². The summed E-state index contributed by atoms with van der Waals surface area (Å²) in [6.45, 7) is 0.885. The maximum atomic E-state index is 11.9. The molecule has 0 bridgehead atoms. The number of esters is 1. The van der Waals surface area contributed by atoms with Crippen molar-refractivity contribution in [1.29, 1.82) is 0 Å². The number of carbonyl (C=O) groups excluding carboxylic acids is 2. The lowest BCUT2D eigenvalue weighted by Gasteiger charge is -2.35. The van der Waals surface area contributed by atoms with Gasteiger partial charge < -0.3 is 15.4 Å². The summed E-state index contributed by atoms with van der Waals surface area (Å²) in [6.07, 6.45) is 3.27. The Morgan fingerprint density at radius 2 is 2.33 bits per heavy atom. The average Bonchev–Trinajstić information content (AvgIpc) is 2.71. The molecule has 2 heterocycles. The lowest BCUT2D eigenvalue weighted by atomic mass is 9.85. The predicted molar refractivity (Wildman–Crippen MR) is 53.1 cm³/mol. The average molecular weight is 212 g/mol. The number of methoxy groups -OCH3 is 1. The van der Waals surface area contributed by atoms with Gasteiger partial charge in [-0.2, -0.15) is 0 Å². The summed E-state index contributed by atoms with van der Waals surface area (Å²) in [7, 11) is 1.34. The van der Waals surface area contributed by atoms with Crippen LogP contribution in [-0.2, 0) is 14.3 Å². The van der Waals surface area contributed by atoms with Crippen molar-refractivity contribution < 1.29 is 14.3 Å². The molecular formula is C10H16N2O3. The molecule has 2 N–H and O–H groups in total. The van der Waals surface area contributed by atoms with Crippen molar-refractivity contribution in [2.75, 3.05) is 13.7 Å². The lowest BCUT2D eigenvalue weighted by Crippen LogP contribution is -2.61. The molecule has 2 aliphatic heterocycles. The maximum Gasteiger partial charge on any atom is 0.328 e. The van der Waals surface area contributed by atoms with Gasteiger partial charge in [-0.25, -0.2) is 4.79 Å². The first-order valence-corrected chi connectivity index (χ1v) is 5.32. The van der Waals surface area contributed by atoms with E-state index in [9.17, 15) is 9.59 Å². The van der Waals surface area contributed by atoms with Gasteiger partial charge in [0.05, 0.1) is 12.6 Å². The molecule has 1 amide bonds. The van der Waals surface area contributed by atoms with Gasteiger partial charge in [0.1, 0.15) is 6.04 Å². The van der Waals surface area contributed by atoms with Gasteiger partial charge in [-0.3, -0.25) is 4.79 Å². The Balaban J connectivity index is 2.03. The van der Waals surface area contributed by atoms with Gasteiger partial charge in [-0.15, -0.1) is 0 Å². The molecule has 15 heavy (non-hydrogen) atoms. The van der Waals surface area contributed by atoms with E-state index < -0.39 is 11.6 Å². The molecule has 0 aromatic carbocycles. The highest BCUT2D eigenvalue weighted by Crippen LogP contribution is 2.29. The molecule has 1 spiro atoms. The molecule has 0 aromatic heterocycles. The lowest BCUT2D eigenvalue weighted by molar-refractivity contribution is -0.148. The molecule has 0 aliphatic carbocycles. The number of ether oxygens (including phenoxy) is 1. The van der Waals surface area contributed by atoms with Crippen molar-refractivity contribution >= 4 is 11.9 Å². The number of carbonyl (C=O) groups is 2. The van der Waals surface area contributed by atoms with Gasteiger partial charge in [0, 0.05) is 0 Å². The number of hydrogen-bond acceptors (Lipinski definition) is 4. The highest BCUT2D eigenvalue weighted by molar-refractivity contribution is 5.92. The Kier molecular flexibility index (Phi) is 2.65. The molecule has 5 nitrogen and oxygen atoms in total. The van der Waals surface area contributed by atoms with Crippen LogP contribution in [0.4, 0.5) is 0 Å². The first-order chi connectivity index (χ1) is 7.18. The highest BCUT2D eigenvalue weighted by atomic mass is 16.5. The van der Waals surface area contributed by atoms with Crippen LogP contribution in [0.15, 0.2) is 0 Å². The molecule has 2 unspecified atom stereocenters. The first kappa shape index (κ1) is 10.4.